The summed E-state index contributed by atoms with van der Waals surface area (Å²) in [5, 5.41) is 12.6. The maximum Gasteiger partial charge on any atom is 0.309 e. The monoisotopic (exact) mass is 209 g/mol. The number of aliphatic carboxylic acids is 1. The molecule has 0 heterocycles. The van der Waals surface area contributed by atoms with Crippen molar-refractivity contribution in [3.8, 4) is 0 Å². The Morgan fingerprint density at radius 1 is 1.73 bits per heavy atom. The minimum atomic E-state index is -0.748. The number of rotatable bonds is 5. The van der Waals surface area contributed by atoms with Gasteiger partial charge in [-0.05, 0) is 37.6 Å². The van der Waals surface area contributed by atoms with Crippen molar-refractivity contribution >= 4 is 5.97 Å². The number of carbonyl (C=O) groups is 1. The number of carboxylic acid groups (broad SMARTS) is 1. The van der Waals surface area contributed by atoms with Crippen LogP contribution >= 0.6 is 0 Å². The zero-order chi connectivity index (χ0) is 11.3. The molecule has 0 amide bonds. The molecule has 0 aromatic rings. The van der Waals surface area contributed by atoms with Gasteiger partial charge >= 0.3 is 5.97 Å². The molecule has 0 bridgehead atoms. The first-order chi connectivity index (χ1) is 7.10. The Bertz CT molecular complexity index is 321. The van der Waals surface area contributed by atoms with E-state index in [1.165, 1.54) is 0 Å². The second kappa shape index (κ2) is 4.84. The van der Waals surface area contributed by atoms with E-state index in [4.69, 9.17) is 5.53 Å². The molecule has 1 aliphatic rings. The SMILES string of the molecule is C=C1CCC(CCCN=[N+]=[N-])(C(=O)O)C1. The molecule has 1 rings (SSSR count). The Hall–Kier alpha value is -1.48. The summed E-state index contributed by atoms with van der Waals surface area (Å²) >= 11 is 0. The van der Waals surface area contributed by atoms with Crippen molar-refractivity contribution < 1.29 is 9.90 Å². The van der Waals surface area contributed by atoms with Gasteiger partial charge in [0.15, 0.2) is 0 Å². The molecule has 15 heavy (non-hydrogen) atoms. The van der Waals surface area contributed by atoms with Crippen LogP contribution in [0.5, 0.6) is 0 Å². The van der Waals surface area contributed by atoms with Crippen molar-refractivity contribution in [2.45, 2.75) is 32.1 Å². The van der Waals surface area contributed by atoms with Crippen molar-refractivity contribution in [2.75, 3.05) is 6.54 Å². The minimum Gasteiger partial charge on any atom is -0.481 e. The van der Waals surface area contributed by atoms with Crippen molar-refractivity contribution in [3.05, 3.63) is 22.6 Å². The van der Waals surface area contributed by atoms with E-state index in [1.807, 2.05) is 0 Å². The van der Waals surface area contributed by atoms with E-state index < -0.39 is 11.4 Å². The molecule has 0 aromatic carbocycles. The second-order valence-corrected chi connectivity index (χ2v) is 4.07. The van der Waals surface area contributed by atoms with Crippen molar-refractivity contribution in [1.29, 1.82) is 0 Å². The standard InChI is InChI=1S/C10H15N3O2/c1-8-3-5-10(7-8,9(14)15)4-2-6-12-13-11/h1-7H2,(H,14,15). The highest BCUT2D eigenvalue weighted by molar-refractivity contribution is 5.75. The Kier molecular flexibility index (Phi) is 3.74. The Labute approximate surface area is 88.4 Å². The van der Waals surface area contributed by atoms with Crippen LogP contribution < -0.4 is 0 Å². The fraction of sp³-hybridized carbons (Fsp3) is 0.700. The summed E-state index contributed by atoms with van der Waals surface area (Å²) in [6.07, 6.45) is 3.23. The van der Waals surface area contributed by atoms with E-state index in [0.29, 0.717) is 32.2 Å². The average Bonchev–Trinajstić information content (AvgIpc) is 2.56. The van der Waals surface area contributed by atoms with Gasteiger partial charge in [-0.2, -0.15) is 0 Å². The highest BCUT2D eigenvalue weighted by atomic mass is 16.4. The third kappa shape index (κ3) is 2.73. The lowest BCUT2D eigenvalue weighted by Gasteiger charge is -2.22. The molecule has 5 heteroatoms. The van der Waals surface area contributed by atoms with E-state index in [-0.39, 0.29) is 0 Å². The smallest absolute Gasteiger partial charge is 0.309 e. The lowest BCUT2D eigenvalue weighted by Crippen LogP contribution is -2.27. The topological polar surface area (TPSA) is 86.1 Å². The molecule has 1 atom stereocenters. The van der Waals surface area contributed by atoms with Crippen LogP contribution in [-0.4, -0.2) is 17.6 Å². The van der Waals surface area contributed by atoms with Crippen molar-refractivity contribution in [3.63, 3.8) is 0 Å². The van der Waals surface area contributed by atoms with Gasteiger partial charge in [0.2, 0.25) is 0 Å². The number of hydrogen-bond donors (Lipinski definition) is 1. The molecule has 1 N–H and O–H groups in total. The predicted molar refractivity (Wildman–Crippen MR) is 56.3 cm³/mol. The van der Waals surface area contributed by atoms with Crippen LogP contribution in [-0.2, 0) is 4.79 Å². The lowest BCUT2D eigenvalue weighted by molar-refractivity contribution is -0.148. The quantitative estimate of drug-likeness (QED) is 0.248. The molecule has 0 aromatic heterocycles. The third-order valence-electron chi connectivity index (χ3n) is 2.98. The van der Waals surface area contributed by atoms with Gasteiger partial charge < -0.3 is 5.11 Å². The van der Waals surface area contributed by atoms with Crippen LogP contribution in [0.4, 0.5) is 0 Å². The lowest BCUT2D eigenvalue weighted by atomic mass is 9.81. The highest BCUT2D eigenvalue weighted by Crippen LogP contribution is 2.44. The summed E-state index contributed by atoms with van der Waals surface area (Å²) in [5.41, 5.74) is 8.47. The van der Waals surface area contributed by atoms with Gasteiger partial charge in [0, 0.05) is 11.5 Å². The van der Waals surface area contributed by atoms with Crippen LogP contribution in [0, 0.1) is 5.41 Å². The largest absolute Gasteiger partial charge is 0.481 e. The molecule has 5 nitrogen and oxygen atoms in total. The van der Waals surface area contributed by atoms with Crippen LogP contribution in [0.1, 0.15) is 32.1 Å². The zero-order valence-electron chi connectivity index (χ0n) is 8.65. The molecule has 0 aliphatic heterocycles. The summed E-state index contributed by atoms with van der Waals surface area (Å²) in [6.45, 7) is 4.20. The van der Waals surface area contributed by atoms with Gasteiger partial charge in [0.05, 0.1) is 5.41 Å². The molecule has 0 radical (unpaired) electrons. The first kappa shape index (κ1) is 11.6. The van der Waals surface area contributed by atoms with Gasteiger partial charge in [-0.3, -0.25) is 4.79 Å². The minimum absolute atomic E-state index is 0.373. The van der Waals surface area contributed by atoms with Gasteiger partial charge in [-0.15, -0.1) is 0 Å². The number of nitrogens with zero attached hydrogens (tertiary/aromatic N) is 3. The van der Waals surface area contributed by atoms with Crippen molar-refractivity contribution in [1.82, 2.24) is 0 Å². The number of hydrogen-bond acceptors (Lipinski definition) is 2. The van der Waals surface area contributed by atoms with Gasteiger partial charge in [-0.1, -0.05) is 17.3 Å². The first-order valence-electron chi connectivity index (χ1n) is 5.02. The van der Waals surface area contributed by atoms with E-state index in [2.05, 4.69) is 16.6 Å². The number of carboxylic acids is 1. The molecule has 1 fully saturated rings. The van der Waals surface area contributed by atoms with Gasteiger partial charge in [-0.25, -0.2) is 0 Å². The van der Waals surface area contributed by atoms with E-state index in [9.17, 15) is 9.90 Å². The fourth-order valence-corrected chi connectivity index (χ4v) is 2.11. The fourth-order valence-electron chi connectivity index (χ4n) is 2.11. The molecule has 82 valence electrons. The van der Waals surface area contributed by atoms with E-state index in [0.717, 1.165) is 12.0 Å². The van der Waals surface area contributed by atoms with Crippen molar-refractivity contribution in [2.24, 2.45) is 10.5 Å². The first-order valence-corrected chi connectivity index (χ1v) is 5.02. The summed E-state index contributed by atoms with van der Waals surface area (Å²) in [6, 6.07) is 0. The zero-order valence-corrected chi connectivity index (χ0v) is 8.65. The van der Waals surface area contributed by atoms with Gasteiger partial charge in [0.25, 0.3) is 0 Å². The summed E-state index contributed by atoms with van der Waals surface area (Å²) < 4.78 is 0. The summed E-state index contributed by atoms with van der Waals surface area (Å²) in [7, 11) is 0. The second-order valence-electron chi connectivity index (χ2n) is 4.07. The Morgan fingerprint density at radius 2 is 2.47 bits per heavy atom. The molecule has 1 saturated carbocycles. The molecule has 0 spiro atoms. The van der Waals surface area contributed by atoms with Crippen LogP contribution in [0.15, 0.2) is 17.3 Å². The number of allylic oxidation sites excluding steroid dienone is 1. The van der Waals surface area contributed by atoms with E-state index >= 15 is 0 Å². The Morgan fingerprint density at radius 3 is 2.93 bits per heavy atom. The molecular formula is C10H15N3O2. The normalized spacial score (nSPS) is 24.9. The summed E-state index contributed by atoms with van der Waals surface area (Å²) in [5.74, 6) is -0.748. The highest BCUT2D eigenvalue weighted by Gasteiger charge is 2.41. The molecular weight excluding hydrogens is 194 g/mol. The van der Waals surface area contributed by atoms with Gasteiger partial charge in [0.1, 0.15) is 0 Å². The van der Waals surface area contributed by atoms with Crippen LogP contribution in [0.25, 0.3) is 10.4 Å². The predicted octanol–water partition coefficient (Wildman–Crippen LogP) is 2.89. The third-order valence-corrected chi connectivity index (χ3v) is 2.98. The van der Waals surface area contributed by atoms with E-state index in [1.54, 1.807) is 0 Å². The average molecular weight is 209 g/mol. The summed E-state index contributed by atoms with van der Waals surface area (Å²) in [4.78, 5) is 13.8. The maximum atomic E-state index is 11.2. The molecule has 1 unspecified atom stereocenters. The van der Waals surface area contributed by atoms with Crippen LogP contribution in [0.3, 0.4) is 0 Å². The Balaban J connectivity index is 2.55. The molecule has 1 aliphatic carbocycles. The maximum absolute atomic E-state index is 11.2. The number of azide groups is 1. The van der Waals surface area contributed by atoms with Crippen LogP contribution in [0.2, 0.25) is 0 Å². The molecule has 0 saturated heterocycles.